The zero-order valence-corrected chi connectivity index (χ0v) is 13.6. The van der Waals surface area contributed by atoms with E-state index in [0.29, 0.717) is 5.75 Å². The predicted molar refractivity (Wildman–Crippen MR) is 90.8 cm³/mol. The molecule has 2 aliphatic rings. The Balaban J connectivity index is 1.70. The van der Waals surface area contributed by atoms with Crippen LogP contribution in [0.3, 0.4) is 0 Å². The van der Waals surface area contributed by atoms with E-state index >= 15 is 0 Å². The summed E-state index contributed by atoms with van der Waals surface area (Å²) in [5.41, 5.74) is 9.07. The number of nitrogens with zero attached hydrogens (tertiary/aromatic N) is 2. The fourth-order valence-electron chi connectivity index (χ4n) is 3.68. The summed E-state index contributed by atoms with van der Waals surface area (Å²) in [4.78, 5) is 4.93. The minimum Gasteiger partial charge on any atom is -0.508 e. The van der Waals surface area contributed by atoms with Gasteiger partial charge in [-0.2, -0.15) is 0 Å². The van der Waals surface area contributed by atoms with Crippen LogP contribution in [0.2, 0.25) is 0 Å². The van der Waals surface area contributed by atoms with E-state index < -0.39 is 0 Å². The largest absolute Gasteiger partial charge is 0.508 e. The number of benzene rings is 1. The van der Waals surface area contributed by atoms with Crippen molar-refractivity contribution in [1.82, 2.24) is 9.80 Å². The molecule has 4 nitrogen and oxygen atoms in total. The third-order valence-corrected chi connectivity index (χ3v) is 5.03. The summed E-state index contributed by atoms with van der Waals surface area (Å²) in [7, 11) is 0. The molecule has 0 radical (unpaired) electrons. The van der Waals surface area contributed by atoms with Crippen molar-refractivity contribution in [2.75, 3.05) is 31.9 Å². The van der Waals surface area contributed by atoms with E-state index in [1.54, 1.807) is 6.07 Å². The third-order valence-electron chi connectivity index (χ3n) is 5.03. The maximum Gasteiger partial charge on any atom is 0.122 e. The van der Waals surface area contributed by atoms with Crippen molar-refractivity contribution < 1.29 is 5.11 Å². The lowest BCUT2D eigenvalue weighted by Crippen LogP contribution is -2.30. The second kappa shape index (κ2) is 7.34. The van der Waals surface area contributed by atoms with E-state index in [9.17, 15) is 5.11 Å². The van der Waals surface area contributed by atoms with Gasteiger partial charge in [0.1, 0.15) is 5.75 Å². The molecule has 2 fully saturated rings. The Morgan fingerprint density at radius 1 is 0.773 bits per heavy atom. The van der Waals surface area contributed by atoms with Gasteiger partial charge in [-0.05, 0) is 63.5 Å². The SMILES string of the molecule is Nc1cc(O)c(CN2CCCCC2)cc1CN1CCCCC1. The molecule has 1 aromatic carbocycles. The maximum atomic E-state index is 10.2. The van der Waals surface area contributed by atoms with Crippen molar-refractivity contribution in [3.63, 3.8) is 0 Å². The Morgan fingerprint density at radius 3 is 1.82 bits per heavy atom. The lowest BCUT2D eigenvalue weighted by molar-refractivity contribution is 0.216. The van der Waals surface area contributed by atoms with Gasteiger partial charge in [0.05, 0.1) is 0 Å². The van der Waals surface area contributed by atoms with Crippen LogP contribution < -0.4 is 5.73 Å². The van der Waals surface area contributed by atoms with Gasteiger partial charge in [0.15, 0.2) is 0 Å². The molecule has 2 aliphatic heterocycles. The summed E-state index contributed by atoms with van der Waals surface area (Å²) in [6.45, 7) is 6.39. The third kappa shape index (κ3) is 3.93. The molecule has 0 atom stereocenters. The zero-order valence-electron chi connectivity index (χ0n) is 13.6. The number of hydrogen-bond acceptors (Lipinski definition) is 4. The average Bonchev–Trinajstić information content (AvgIpc) is 2.54. The minimum absolute atomic E-state index is 0.352. The molecule has 0 saturated carbocycles. The Morgan fingerprint density at radius 2 is 1.27 bits per heavy atom. The van der Waals surface area contributed by atoms with Crippen LogP contribution in [0.15, 0.2) is 12.1 Å². The molecule has 0 aromatic heterocycles. The average molecular weight is 303 g/mol. The van der Waals surface area contributed by atoms with Gasteiger partial charge < -0.3 is 10.8 Å². The lowest BCUT2D eigenvalue weighted by Gasteiger charge is -2.29. The van der Waals surface area contributed by atoms with Gasteiger partial charge in [-0.1, -0.05) is 12.8 Å². The molecular weight excluding hydrogens is 274 g/mol. The van der Waals surface area contributed by atoms with Crippen LogP contribution in [0.25, 0.3) is 0 Å². The van der Waals surface area contributed by atoms with E-state index in [-0.39, 0.29) is 0 Å². The fraction of sp³-hybridized carbons (Fsp3) is 0.667. The number of hydrogen-bond donors (Lipinski definition) is 2. The van der Waals surface area contributed by atoms with Gasteiger partial charge in [-0.3, -0.25) is 9.80 Å². The van der Waals surface area contributed by atoms with Crippen molar-refractivity contribution in [3.05, 3.63) is 23.3 Å². The first kappa shape index (κ1) is 15.6. The number of nitrogen functional groups attached to an aromatic ring is 1. The quantitative estimate of drug-likeness (QED) is 0.840. The molecule has 1 aromatic rings. The van der Waals surface area contributed by atoms with Crippen molar-refractivity contribution in [2.45, 2.75) is 51.6 Å². The van der Waals surface area contributed by atoms with Crippen molar-refractivity contribution in [2.24, 2.45) is 0 Å². The van der Waals surface area contributed by atoms with E-state index in [0.717, 1.165) is 37.4 Å². The Kier molecular flexibility index (Phi) is 5.21. The number of phenols is 1. The molecular formula is C18H29N3O. The first-order valence-electron chi connectivity index (χ1n) is 8.77. The molecule has 0 unspecified atom stereocenters. The number of rotatable bonds is 4. The smallest absolute Gasteiger partial charge is 0.122 e. The van der Waals surface area contributed by atoms with E-state index in [4.69, 9.17) is 5.73 Å². The van der Waals surface area contributed by atoms with E-state index in [2.05, 4.69) is 15.9 Å². The molecule has 2 heterocycles. The Labute approximate surface area is 133 Å². The highest BCUT2D eigenvalue weighted by Crippen LogP contribution is 2.28. The number of anilines is 1. The molecule has 22 heavy (non-hydrogen) atoms. The molecule has 3 rings (SSSR count). The van der Waals surface area contributed by atoms with Crippen LogP contribution in [0, 0.1) is 0 Å². The molecule has 0 bridgehead atoms. The zero-order chi connectivity index (χ0) is 15.4. The first-order chi connectivity index (χ1) is 10.7. The summed E-state index contributed by atoms with van der Waals surface area (Å²) in [5.74, 6) is 0.352. The van der Waals surface area contributed by atoms with Crippen molar-refractivity contribution >= 4 is 5.69 Å². The van der Waals surface area contributed by atoms with Gasteiger partial charge >= 0.3 is 0 Å². The summed E-state index contributed by atoms with van der Waals surface area (Å²) >= 11 is 0. The number of piperidine rings is 2. The number of phenolic OH excluding ortho intramolecular Hbond substituents is 1. The number of aromatic hydroxyl groups is 1. The van der Waals surface area contributed by atoms with Crippen molar-refractivity contribution in [1.29, 1.82) is 0 Å². The van der Waals surface area contributed by atoms with Crippen LogP contribution in [0.1, 0.15) is 49.7 Å². The van der Waals surface area contributed by atoms with E-state index in [1.165, 1.54) is 57.2 Å². The maximum absolute atomic E-state index is 10.2. The Bertz CT molecular complexity index is 450. The fourth-order valence-corrected chi connectivity index (χ4v) is 3.68. The van der Waals surface area contributed by atoms with E-state index in [1.807, 2.05) is 0 Å². The predicted octanol–water partition coefficient (Wildman–Crippen LogP) is 2.95. The molecule has 2 saturated heterocycles. The molecule has 4 heteroatoms. The second-order valence-electron chi connectivity index (χ2n) is 6.85. The van der Waals surface area contributed by atoms with Gasteiger partial charge in [-0.15, -0.1) is 0 Å². The standard InChI is InChI=1S/C18H29N3O/c19-17-12-18(22)16(14-21-9-5-2-6-10-21)11-15(17)13-20-7-3-1-4-8-20/h11-12,22H,1-10,13-14,19H2. The number of likely N-dealkylation sites (tertiary alicyclic amines) is 2. The highest BCUT2D eigenvalue weighted by molar-refractivity contribution is 5.54. The molecule has 3 N–H and O–H groups in total. The molecule has 0 amide bonds. The second-order valence-corrected chi connectivity index (χ2v) is 6.85. The van der Waals surface area contributed by atoms with Gasteiger partial charge in [0.2, 0.25) is 0 Å². The highest BCUT2D eigenvalue weighted by atomic mass is 16.3. The van der Waals surface area contributed by atoms with Gasteiger partial charge in [0.25, 0.3) is 0 Å². The topological polar surface area (TPSA) is 52.7 Å². The highest BCUT2D eigenvalue weighted by Gasteiger charge is 2.16. The lowest BCUT2D eigenvalue weighted by atomic mass is 10.0. The Hall–Kier alpha value is -1.26. The normalized spacial score (nSPS) is 21.1. The first-order valence-corrected chi connectivity index (χ1v) is 8.77. The monoisotopic (exact) mass is 303 g/mol. The molecule has 0 aliphatic carbocycles. The molecule has 0 spiro atoms. The van der Waals surface area contributed by atoms with Crippen LogP contribution in [-0.4, -0.2) is 41.1 Å². The number of nitrogens with two attached hydrogens (primary N) is 1. The minimum atomic E-state index is 0.352. The summed E-state index contributed by atoms with van der Waals surface area (Å²) in [6, 6.07) is 3.88. The van der Waals surface area contributed by atoms with Gasteiger partial charge in [0, 0.05) is 30.4 Å². The summed E-state index contributed by atoms with van der Waals surface area (Å²) in [6.07, 6.45) is 7.82. The summed E-state index contributed by atoms with van der Waals surface area (Å²) in [5, 5.41) is 10.2. The van der Waals surface area contributed by atoms with Crippen LogP contribution in [-0.2, 0) is 13.1 Å². The van der Waals surface area contributed by atoms with Crippen LogP contribution >= 0.6 is 0 Å². The summed E-state index contributed by atoms with van der Waals surface area (Å²) < 4.78 is 0. The molecule has 122 valence electrons. The van der Waals surface area contributed by atoms with Crippen molar-refractivity contribution in [3.8, 4) is 5.75 Å². The van der Waals surface area contributed by atoms with Crippen LogP contribution in [0.5, 0.6) is 5.75 Å². The van der Waals surface area contributed by atoms with Gasteiger partial charge in [-0.25, -0.2) is 0 Å². The van der Waals surface area contributed by atoms with Crippen LogP contribution in [0.4, 0.5) is 5.69 Å².